The molecule has 0 aromatic heterocycles. The number of benzene rings is 1. The van der Waals surface area contributed by atoms with Crippen molar-refractivity contribution in [2.75, 3.05) is 32.1 Å². The summed E-state index contributed by atoms with van der Waals surface area (Å²) in [5, 5.41) is 5.84. The van der Waals surface area contributed by atoms with E-state index in [9.17, 15) is 4.79 Å². The molecule has 1 aromatic rings. The molecule has 0 heterocycles. The largest absolute Gasteiger partial charge is 0.388 e. The van der Waals surface area contributed by atoms with Gasteiger partial charge in [-0.1, -0.05) is 13.8 Å². The van der Waals surface area contributed by atoms with Gasteiger partial charge in [-0.3, -0.25) is 4.79 Å². The van der Waals surface area contributed by atoms with Crippen molar-refractivity contribution in [2.45, 2.75) is 13.8 Å². The first-order valence-corrected chi connectivity index (χ1v) is 6.27. The highest BCUT2D eigenvalue weighted by atomic mass is 16.5. The average Bonchev–Trinajstić information content (AvgIpc) is 2.38. The standard InChI is InChI=1S/C14H22N2O2/c1-11(2)10-18-9-8-16-14(17)12-4-6-13(15-3)7-5-12/h4-7,11,15H,8-10H2,1-3H3,(H,16,17). The highest BCUT2D eigenvalue weighted by Crippen LogP contribution is 2.08. The number of hydrogen-bond acceptors (Lipinski definition) is 3. The van der Waals surface area contributed by atoms with E-state index in [0.29, 0.717) is 24.6 Å². The number of rotatable bonds is 7. The second kappa shape index (κ2) is 7.71. The topological polar surface area (TPSA) is 50.4 Å². The number of nitrogens with one attached hydrogen (secondary N) is 2. The number of carbonyl (C=O) groups excluding carboxylic acids is 1. The summed E-state index contributed by atoms with van der Waals surface area (Å²) in [7, 11) is 1.85. The average molecular weight is 250 g/mol. The first kappa shape index (κ1) is 14.5. The van der Waals surface area contributed by atoms with Gasteiger partial charge in [0.2, 0.25) is 0 Å². The fraction of sp³-hybridized carbons (Fsp3) is 0.500. The van der Waals surface area contributed by atoms with Crippen LogP contribution in [-0.2, 0) is 4.74 Å². The lowest BCUT2D eigenvalue weighted by atomic mass is 10.2. The fourth-order valence-electron chi connectivity index (χ4n) is 1.45. The zero-order valence-electron chi connectivity index (χ0n) is 11.3. The molecule has 1 rings (SSSR count). The molecule has 2 N–H and O–H groups in total. The Kier molecular flexibility index (Phi) is 6.22. The normalized spacial score (nSPS) is 10.4. The van der Waals surface area contributed by atoms with Crippen molar-refractivity contribution in [3.8, 4) is 0 Å². The lowest BCUT2D eigenvalue weighted by molar-refractivity contribution is 0.0886. The Morgan fingerprint density at radius 2 is 1.94 bits per heavy atom. The van der Waals surface area contributed by atoms with Gasteiger partial charge in [-0.05, 0) is 30.2 Å². The molecule has 0 aliphatic carbocycles. The van der Waals surface area contributed by atoms with Gasteiger partial charge in [-0.25, -0.2) is 0 Å². The van der Waals surface area contributed by atoms with Crippen LogP contribution in [0, 0.1) is 5.92 Å². The summed E-state index contributed by atoms with van der Waals surface area (Å²) in [6.07, 6.45) is 0. The van der Waals surface area contributed by atoms with Crippen LogP contribution in [0.4, 0.5) is 5.69 Å². The van der Waals surface area contributed by atoms with Gasteiger partial charge in [0, 0.05) is 31.5 Å². The number of anilines is 1. The van der Waals surface area contributed by atoms with Crippen molar-refractivity contribution in [2.24, 2.45) is 5.92 Å². The van der Waals surface area contributed by atoms with Crippen molar-refractivity contribution < 1.29 is 9.53 Å². The van der Waals surface area contributed by atoms with Crippen LogP contribution in [0.2, 0.25) is 0 Å². The van der Waals surface area contributed by atoms with Crippen LogP contribution in [0.15, 0.2) is 24.3 Å². The Hall–Kier alpha value is -1.55. The summed E-state index contributed by atoms with van der Waals surface area (Å²) in [5.74, 6) is 0.459. The molecule has 4 nitrogen and oxygen atoms in total. The SMILES string of the molecule is CNc1ccc(C(=O)NCCOCC(C)C)cc1. The van der Waals surface area contributed by atoms with Gasteiger partial charge < -0.3 is 15.4 Å². The Bertz CT molecular complexity index is 361. The van der Waals surface area contributed by atoms with Crippen molar-refractivity contribution in [3.63, 3.8) is 0 Å². The molecule has 0 spiro atoms. The van der Waals surface area contributed by atoms with Crippen LogP contribution in [0.5, 0.6) is 0 Å². The molecule has 1 amide bonds. The number of amides is 1. The van der Waals surface area contributed by atoms with Gasteiger partial charge in [0.15, 0.2) is 0 Å². The zero-order valence-corrected chi connectivity index (χ0v) is 11.3. The Balaban J connectivity index is 2.27. The third kappa shape index (κ3) is 5.19. The van der Waals surface area contributed by atoms with E-state index in [1.54, 1.807) is 12.1 Å². The molecule has 0 saturated carbocycles. The van der Waals surface area contributed by atoms with Gasteiger partial charge in [0.05, 0.1) is 6.61 Å². The van der Waals surface area contributed by atoms with Crippen molar-refractivity contribution >= 4 is 11.6 Å². The summed E-state index contributed by atoms with van der Waals surface area (Å²) >= 11 is 0. The molecule has 0 bridgehead atoms. The van der Waals surface area contributed by atoms with E-state index < -0.39 is 0 Å². The maximum absolute atomic E-state index is 11.8. The molecule has 100 valence electrons. The third-order valence-corrected chi connectivity index (χ3v) is 2.42. The minimum atomic E-state index is -0.0641. The van der Waals surface area contributed by atoms with Crippen LogP contribution < -0.4 is 10.6 Å². The first-order valence-electron chi connectivity index (χ1n) is 6.27. The molecular formula is C14H22N2O2. The number of hydrogen-bond donors (Lipinski definition) is 2. The lowest BCUT2D eigenvalue weighted by Gasteiger charge is -2.08. The highest BCUT2D eigenvalue weighted by Gasteiger charge is 2.04. The van der Waals surface area contributed by atoms with E-state index in [1.165, 1.54) is 0 Å². The van der Waals surface area contributed by atoms with E-state index in [-0.39, 0.29) is 5.91 Å². The molecule has 0 aliphatic rings. The fourth-order valence-corrected chi connectivity index (χ4v) is 1.45. The predicted octanol–water partition coefficient (Wildman–Crippen LogP) is 2.13. The minimum Gasteiger partial charge on any atom is -0.388 e. The Morgan fingerprint density at radius 3 is 2.50 bits per heavy atom. The van der Waals surface area contributed by atoms with Gasteiger partial charge in [0.1, 0.15) is 0 Å². The summed E-state index contributed by atoms with van der Waals surface area (Å²) in [5.41, 5.74) is 1.66. The monoisotopic (exact) mass is 250 g/mol. The smallest absolute Gasteiger partial charge is 0.251 e. The van der Waals surface area contributed by atoms with Crippen LogP contribution in [0.25, 0.3) is 0 Å². The molecular weight excluding hydrogens is 228 g/mol. The van der Waals surface area contributed by atoms with Crippen LogP contribution >= 0.6 is 0 Å². The Morgan fingerprint density at radius 1 is 1.28 bits per heavy atom. The third-order valence-electron chi connectivity index (χ3n) is 2.42. The maximum Gasteiger partial charge on any atom is 0.251 e. The van der Waals surface area contributed by atoms with Crippen LogP contribution in [0.3, 0.4) is 0 Å². The second-order valence-electron chi connectivity index (χ2n) is 4.55. The number of carbonyl (C=O) groups is 1. The summed E-state index contributed by atoms with van der Waals surface area (Å²) in [6, 6.07) is 7.36. The summed E-state index contributed by atoms with van der Waals surface area (Å²) in [4.78, 5) is 11.8. The molecule has 4 heteroatoms. The van der Waals surface area contributed by atoms with Crippen molar-refractivity contribution in [1.82, 2.24) is 5.32 Å². The maximum atomic E-state index is 11.8. The predicted molar refractivity (Wildman–Crippen MR) is 74.0 cm³/mol. The molecule has 0 saturated heterocycles. The molecule has 0 aliphatic heterocycles. The quantitative estimate of drug-likeness (QED) is 0.729. The van der Waals surface area contributed by atoms with E-state index in [0.717, 1.165) is 12.3 Å². The van der Waals surface area contributed by atoms with Gasteiger partial charge >= 0.3 is 0 Å². The van der Waals surface area contributed by atoms with Crippen LogP contribution in [-0.4, -0.2) is 32.7 Å². The molecule has 18 heavy (non-hydrogen) atoms. The summed E-state index contributed by atoms with van der Waals surface area (Å²) < 4.78 is 5.39. The van der Waals surface area contributed by atoms with Crippen molar-refractivity contribution in [1.29, 1.82) is 0 Å². The highest BCUT2D eigenvalue weighted by molar-refractivity contribution is 5.94. The zero-order chi connectivity index (χ0) is 13.4. The van der Waals surface area contributed by atoms with Gasteiger partial charge in [-0.2, -0.15) is 0 Å². The molecule has 0 radical (unpaired) electrons. The molecule has 0 fully saturated rings. The van der Waals surface area contributed by atoms with Gasteiger partial charge in [-0.15, -0.1) is 0 Å². The van der Waals surface area contributed by atoms with E-state index >= 15 is 0 Å². The minimum absolute atomic E-state index is 0.0641. The number of ether oxygens (including phenoxy) is 1. The molecule has 0 atom stereocenters. The van der Waals surface area contributed by atoms with Crippen molar-refractivity contribution in [3.05, 3.63) is 29.8 Å². The lowest BCUT2D eigenvalue weighted by Crippen LogP contribution is -2.27. The van der Waals surface area contributed by atoms with E-state index in [2.05, 4.69) is 24.5 Å². The van der Waals surface area contributed by atoms with E-state index in [1.807, 2.05) is 19.2 Å². The first-order chi connectivity index (χ1) is 8.63. The Labute approximate surface area is 109 Å². The van der Waals surface area contributed by atoms with E-state index in [4.69, 9.17) is 4.74 Å². The summed E-state index contributed by atoms with van der Waals surface area (Å²) in [6.45, 7) is 6.02. The van der Waals surface area contributed by atoms with Crippen LogP contribution in [0.1, 0.15) is 24.2 Å². The van der Waals surface area contributed by atoms with Gasteiger partial charge in [0.25, 0.3) is 5.91 Å². The second-order valence-corrected chi connectivity index (χ2v) is 4.55. The molecule has 1 aromatic carbocycles. The molecule has 0 unspecified atom stereocenters.